The molecule has 0 N–H and O–H groups in total. The smallest absolute Gasteiger partial charge is 0.261 e. The Morgan fingerprint density at radius 3 is 2.04 bits per heavy atom. The number of imide groups is 1. The first-order valence-electron chi connectivity index (χ1n) is 7.90. The van der Waals surface area contributed by atoms with Crippen LogP contribution >= 0.6 is 0 Å². The summed E-state index contributed by atoms with van der Waals surface area (Å²) >= 11 is 0. The lowest BCUT2D eigenvalue weighted by Gasteiger charge is -2.35. The van der Waals surface area contributed by atoms with Crippen LogP contribution in [0, 0.1) is 0 Å². The number of amides is 2. The molecule has 1 aromatic carbocycles. The van der Waals surface area contributed by atoms with Gasteiger partial charge in [-0.2, -0.15) is 0 Å². The number of benzene rings is 1. The second-order valence-electron chi connectivity index (χ2n) is 5.97. The number of hydrogen-bond acceptors (Lipinski definition) is 4. The van der Waals surface area contributed by atoms with E-state index in [2.05, 4.69) is 0 Å². The molecule has 23 heavy (non-hydrogen) atoms. The summed E-state index contributed by atoms with van der Waals surface area (Å²) in [6.45, 7) is 2.56. The molecule has 7 heteroatoms. The fraction of sp³-hybridized carbons (Fsp3) is 0.500. The van der Waals surface area contributed by atoms with E-state index >= 15 is 0 Å². The van der Waals surface area contributed by atoms with Crippen molar-refractivity contribution in [2.45, 2.75) is 32.2 Å². The van der Waals surface area contributed by atoms with Gasteiger partial charge in [0.15, 0.2) is 0 Å². The van der Waals surface area contributed by atoms with Gasteiger partial charge in [0.25, 0.3) is 11.8 Å². The Kier molecular flexibility index (Phi) is 4.25. The molecule has 0 atom stereocenters. The highest BCUT2D eigenvalue weighted by molar-refractivity contribution is 7.89. The molecule has 0 aromatic heterocycles. The predicted molar refractivity (Wildman–Crippen MR) is 85.6 cm³/mol. The van der Waals surface area contributed by atoms with Crippen LogP contribution in [0.15, 0.2) is 24.3 Å². The van der Waals surface area contributed by atoms with Gasteiger partial charge in [-0.1, -0.05) is 19.1 Å². The molecular formula is C16H20N2O4S. The standard InChI is InChI=1S/C16H20N2O4S/c1-2-11-23(21,22)17-9-7-12(8-10-17)18-15(19)13-5-3-4-6-14(13)16(18)20/h3-6,12H,2,7-11H2,1H3. The van der Waals surface area contributed by atoms with Gasteiger partial charge in [0, 0.05) is 19.1 Å². The maximum Gasteiger partial charge on any atom is 0.261 e. The van der Waals surface area contributed by atoms with Crippen LogP contribution < -0.4 is 0 Å². The first-order valence-corrected chi connectivity index (χ1v) is 9.51. The quantitative estimate of drug-likeness (QED) is 0.781. The van der Waals surface area contributed by atoms with Crippen LogP contribution in [0.25, 0.3) is 0 Å². The van der Waals surface area contributed by atoms with Crippen molar-refractivity contribution in [1.29, 1.82) is 0 Å². The van der Waals surface area contributed by atoms with Gasteiger partial charge >= 0.3 is 0 Å². The Hall–Kier alpha value is -1.73. The van der Waals surface area contributed by atoms with E-state index in [1.165, 1.54) is 9.21 Å². The summed E-state index contributed by atoms with van der Waals surface area (Å²) in [6, 6.07) is 6.59. The molecule has 2 aliphatic heterocycles. The van der Waals surface area contributed by atoms with Gasteiger partial charge in [0.2, 0.25) is 10.0 Å². The summed E-state index contributed by atoms with van der Waals surface area (Å²) in [5.41, 5.74) is 0.886. The van der Waals surface area contributed by atoms with Crippen LogP contribution in [-0.2, 0) is 10.0 Å². The molecule has 124 valence electrons. The SMILES string of the molecule is CCCS(=O)(=O)N1CCC(N2C(=O)c3ccccc3C2=O)CC1. The van der Waals surface area contributed by atoms with E-state index in [-0.39, 0.29) is 23.6 Å². The van der Waals surface area contributed by atoms with Crippen molar-refractivity contribution in [2.24, 2.45) is 0 Å². The first kappa shape index (κ1) is 16.1. The minimum Gasteiger partial charge on any atom is -0.271 e. The Labute approximate surface area is 136 Å². The Morgan fingerprint density at radius 1 is 1.04 bits per heavy atom. The summed E-state index contributed by atoms with van der Waals surface area (Å²) in [6.07, 6.45) is 1.57. The first-order chi connectivity index (χ1) is 11.0. The lowest BCUT2D eigenvalue weighted by molar-refractivity contribution is 0.0536. The zero-order valence-corrected chi connectivity index (χ0v) is 13.9. The predicted octanol–water partition coefficient (Wildman–Crippen LogP) is 1.49. The molecule has 2 heterocycles. The molecule has 1 aromatic rings. The lowest BCUT2D eigenvalue weighted by Crippen LogP contribution is -2.49. The summed E-state index contributed by atoms with van der Waals surface area (Å²) < 4.78 is 25.7. The molecule has 0 radical (unpaired) electrons. The van der Waals surface area contributed by atoms with Gasteiger partial charge in [-0.15, -0.1) is 0 Å². The maximum atomic E-state index is 12.5. The van der Waals surface area contributed by atoms with Crippen LogP contribution in [0.3, 0.4) is 0 Å². The summed E-state index contributed by atoms with van der Waals surface area (Å²) in [5.74, 6) is -0.383. The van der Waals surface area contributed by atoms with E-state index < -0.39 is 10.0 Å². The van der Waals surface area contributed by atoms with Crippen LogP contribution in [0.4, 0.5) is 0 Å². The van der Waals surface area contributed by atoms with Gasteiger partial charge in [-0.05, 0) is 31.4 Å². The molecule has 0 spiro atoms. The number of hydrogen-bond donors (Lipinski definition) is 0. The number of fused-ring (bicyclic) bond motifs is 1. The maximum absolute atomic E-state index is 12.5. The van der Waals surface area contributed by atoms with E-state index in [4.69, 9.17) is 0 Å². The van der Waals surface area contributed by atoms with Gasteiger partial charge < -0.3 is 0 Å². The third kappa shape index (κ3) is 2.79. The van der Waals surface area contributed by atoms with Gasteiger partial charge in [-0.3, -0.25) is 14.5 Å². The minimum atomic E-state index is -3.22. The zero-order valence-electron chi connectivity index (χ0n) is 13.1. The average Bonchev–Trinajstić information content (AvgIpc) is 2.79. The molecule has 0 saturated carbocycles. The number of carbonyl (C=O) groups is 2. The van der Waals surface area contributed by atoms with Crippen molar-refractivity contribution >= 4 is 21.8 Å². The zero-order chi connectivity index (χ0) is 16.6. The number of carbonyl (C=O) groups excluding carboxylic acids is 2. The van der Waals surface area contributed by atoms with Crippen LogP contribution in [-0.4, -0.2) is 54.3 Å². The van der Waals surface area contributed by atoms with Crippen LogP contribution in [0.5, 0.6) is 0 Å². The van der Waals surface area contributed by atoms with Crippen molar-refractivity contribution < 1.29 is 18.0 Å². The largest absolute Gasteiger partial charge is 0.271 e. The minimum absolute atomic E-state index is 0.144. The van der Waals surface area contributed by atoms with E-state index in [0.29, 0.717) is 43.5 Å². The molecule has 2 aliphatic rings. The average molecular weight is 336 g/mol. The van der Waals surface area contributed by atoms with Crippen molar-refractivity contribution in [3.05, 3.63) is 35.4 Å². The summed E-state index contributed by atoms with van der Waals surface area (Å²) in [4.78, 5) is 26.2. The molecule has 1 saturated heterocycles. The fourth-order valence-electron chi connectivity index (χ4n) is 3.31. The molecule has 0 bridgehead atoms. The number of piperidine rings is 1. The molecule has 6 nitrogen and oxygen atoms in total. The van der Waals surface area contributed by atoms with Crippen molar-refractivity contribution in [1.82, 2.24) is 9.21 Å². The molecular weight excluding hydrogens is 316 g/mol. The van der Waals surface area contributed by atoms with Gasteiger partial charge in [0.05, 0.1) is 16.9 Å². The third-order valence-electron chi connectivity index (χ3n) is 4.47. The normalized spacial score (nSPS) is 20.1. The summed E-state index contributed by atoms with van der Waals surface area (Å²) in [5, 5.41) is 0. The highest BCUT2D eigenvalue weighted by atomic mass is 32.2. The van der Waals surface area contributed by atoms with E-state index in [0.717, 1.165) is 0 Å². The van der Waals surface area contributed by atoms with Crippen molar-refractivity contribution in [2.75, 3.05) is 18.8 Å². The Morgan fingerprint density at radius 2 is 1.57 bits per heavy atom. The molecule has 3 rings (SSSR count). The topological polar surface area (TPSA) is 74.8 Å². The molecule has 2 amide bonds. The number of nitrogens with zero attached hydrogens (tertiary/aromatic N) is 2. The molecule has 0 unspecified atom stereocenters. The highest BCUT2D eigenvalue weighted by Crippen LogP contribution is 2.29. The number of sulfonamides is 1. The van der Waals surface area contributed by atoms with Gasteiger partial charge in [0.1, 0.15) is 0 Å². The Bertz CT molecular complexity index is 701. The van der Waals surface area contributed by atoms with E-state index in [9.17, 15) is 18.0 Å². The van der Waals surface area contributed by atoms with E-state index in [1.54, 1.807) is 24.3 Å². The summed E-state index contributed by atoms with van der Waals surface area (Å²) in [7, 11) is -3.22. The van der Waals surface area contributed by atoms with Crippen LogP contribution in [0.2, 0.25) is 0 Å². The fourth-order valence-corrected chi connectivity index (χ4v) is 4.85. The molecule has 0 aliphatic carbocycles. The lowest BCUT2D eigenvalue weighted by atomic mass is 10.1. The number of rotatable bonds is 4. The second kappa shape index (κ2) is 6.05. The molecule has 1 fully saturated rings. The Balaban J connectivity index is 1.72. The third-order valence-corrected chi connectivity index (χ3v) is 6.55. The highest BCUT2D eigenvalue weighted by Gasteiger charge is 2.41. The van der Waals surface area contributed by atoms with Gasteiger partial charge in [-0.25, -0.2) is 12.7 Å². The van der Waals surface area contributed by atoms with Crippen molar-refractivity contribution in [3.8, 4) is 0 Å². The van der Waals surface area contributed by atoms with Crippen LogP contribution in [0.1, 0.15) is 46.9 Å². The monoisotopic (exact) mass is 336 g/mol. The second-order valence-corrected chi connectivity index (χ2v) is 8.06. The van der Waals surface area contributed by atoms with E-state index in [1.807, 2.05) is 6.92 Å². The van der Waals surface area contributed by atoms with Crippen molar-refractivity contribution in [3.63, 3.8) is 0 Å².